The maximum atomic E-state index is 11.7. The Kier molecular flexibility index (Phi) is 4.05. The lowest BCUT2D eigenvalue weighted by atomic mass is 10.2. The first-order chi connectivity index (χ1) is 9.56. The normalized spacial score (nSPS) is 10.1. The van der Waals surface area contributed by atoms with Crippen LogP contribution in [-0.2, 0) is 6.54 Å². The van der Waals surface area contributed by atoms with Crippen LogP contribution in [0.4, 0.5) is 10.5 Å². The molecule has 1 aromatic heterocycles. The number of rotatable bonds is 4. The molecular weight excluding hydrogens is 260 g/mol. The second-order valence-corrected chi connectivity index (χ2v) is 4.19. The molecule has 1 heterocycles. The van der Waals surface area contributed by atoms with Crippen LogP contribution in [0.15, 0.2) is 40.8 Å². The summed E-state index contributed by atoms with van der Waals surface area (Å²) in [7, 11) is 0. The molecule has 1 aromatic carbocycles. The number of amides is 2. The molecule has 0 unspecified atom stereocenters. The van der Waals surface area contributed by atoms with Crippen molar-refractivity contribution in [1.29, 1.82) is 0 Å². The highest BCUT2D eigenvalue weighted by Crippen LogP contribution is 2.13. The van der Waals surface area contributed by atoms with Crippen LogP contribution in [0.2, 0.25) is 0 Å². The van der Waals surface area contributed by atoms with Gasteiger partial charge in [-0.3, -0.25) is 0 Å². The Morgan fingerprint density at radius 2 is 1.95 bits per heavy atom. The van der Waals surface area contributed by atoms with Gasteiger partial charge in [0.1, 0.15) is 5.76 Å². The summed E-state index contributed by atoms with van der Waals surface area (Å²) in [5.41, 5.74) is 1.67. The predicted octanol–water partition coefficient (Wildman–Crippen LogP) is 2.61. The van der Waals surface area contributed by atoms with E-state index in [1.54, 1.807) is 6.07 Å². The van der Waals surface area contributed by atoms with Gasteiger partial charge in [-0.05, 0) is 30.7 Å². The van der Waals surface area contributed by atoms with Crippen molar-refractivity contribution in [2.75, 3.05) is 5.32 Å². The summed E-state index contributed by atoms with van der Waals surface area (Å²) in [5.74, 6) is -0.913. The van der Waals surface area contributed by atoms with Crippen LogP contribution in [-0.4, -0.2) is 17.1 Å². The van der Waals surface area contributed by atoms with Gasteiger partial charge >= 0.3 is 12.0 Å². The average molecular weight is 274 g/mol. The molecule has 6 nitrogen and oxygen atoms in total. The van der Waals surface area contributed by atoms with E-state index < -0.39 is 5.97 Å². The Bertz CT molecular complexity index is 634. The summed E-state index contributed by atoms with van der Waals surface area (Å²) in [6.45, 7) is 2.01. The first kappa shape index (κ1) is 13.7. The third-order valence-electron chi connectivity index (χ3n) is 2.69. The third-order valence-corrected chi connectivity index (χ3v) is 2.69. The Labute approximate surface area is 115 Å². The maximum Gasteiger partial charge on any atom is 0.371 e. The van der Waals surface area contributed by atoms with Gasteiger partial charge in [0.25, 0.3) is 0 Å². The monoisotopic (exact) mass is 274 g/mol. The molecule has 2 rings (SSSR count). The minimum atomic E-state index is -1.14. The lowest BCUT2D eigenvalue weighted by Gasteiger charge is -2.08. The molecule has 0 saturated carbocycles. The molecule has 0 spiro atoms. The fourth-order valence-corrected chi connectivity index (χ4v) is 1.63. The molecule has 20 heavy (non-hydrogen) atoms. The van der Waals surface area contributed by atoms with Gasteiger partial charge in [-0.15, -0.1) is 0 Å². The standard InChI is InChI=1S/C14H14N2O4/c1-9-4-2-3-5-11(9)16-14(19)15-8-10-6-7-12(20-10)13(17)18/h2-7H,8H2,1H3,(H,17,18)(H2,15,16,19). The Hall–Kier alpha value is -2.76. The highest BCUT2D eigenvalue weighted by atomic mass is 16.4. The van der Waals surface area contributed by atoms with E-state index >= 15 is 0 Å². The van der Waals surface area contributed by atoms with Gasteiger partial charge in [0.05, 0.1) is 6.54 Å². The molecule has 2 aromatic rings. The van der Waals surface area contributed by atoms with Gasteiger partial charge in [-0.25, -0.2) is 9.59 Å². The van der Waals surface area contributed by atoms with Crippen LogP contribution >= 0.6 is 0 Å². The second-order valence-electron chi connectivity index (χ2n) is 4.19. The largest absolute Gasteiger partial charge is 0.475 e. The van der Waals surface area contributed by atoms with Crippen molar-refractivity contribution < 1.29 is 19.1 Å². The number of anilines is 1. The lowest BCUT2D eigenvalue weighted by molar-refractivity contribution is 0.0660. The number of carbonyl (C=O) groups is 2. The van der Waals surface area contributed by atoms with Crippen molar-refractivity contribution in [3.8, 4) is 0 Å². The number of aromatic carboxylic acids is 1. The number of urea groups is 1. The summed E-state index contributed by atoms with van der Waals surface area (Å²) in [6, 6.07) is 9.87. The van der Waals surface area contributed by atoms with E-state index in [9.17, 15) is 9.59 Å². The van der Waals surface area contributed by atoms with Crippen LogP contribution in [0.1, 0.15) is 21.9 Å². The molecule has 0 bridgehead atoms. The number of carboxylic acids is 1. The molecule has 0 atom stereocenters. The first-order valence-electron chi connectivity index (χ1n) is 5.99. The molecule has 0 saturated heterocycles. The van der Waals surface area contributed by atoms with E-state index in [4.69, 9.17) is 9.52 Å². The van der Waals surface area contributed by atoms with Crippen LogP contribution < -0.4 is 10.6 Å². The van der Waals surface area contributed by atoms with Gasteiger partial charge in [0.2, 0.25) is 5.76 Å². The summed E-state index contributed by atoms with van der Waals surface area (Å²) in [5, 5.41) is 14.0. The van der Waals surface area contributed by atoms with Crippen LogP contribution in [0, 0.1) is 6.92 Å². The minimum Gasteiger partial charge on any atom is -0.475 e. The van der Waals surface area contributed by atoms with Crippen LogP contribution in [0.5, 0.6) is 0 Å². The molecule has 6 heteroatoms. The van der Waals surface area contributed by atoms with Crippen LogP contribution in [0.25, 0.3) is 0 Å². The molecule has 0 fully saturated rings. The Morgan fingerprint density at radius 3 is 2.60 bits per heavy atom. The first-order valence-corrected chi connectivity index (χ1v) is 5.99. The molecule has 104 valence electrons. The van der Waals surface area contributed by atoms with Crippen molar-refractivity contribution in [3.05, 3.63) is 53.5 Å². The summed E-state index contributed by atoms with van der Waals surface area (Å²) in [4.78, 5) is 22.3. The summed E-state index contributed by atoms with van der Waals surface area (Å²) in [6.07, 6.45) is 0. The predicted molar refractivity (Wildman–Crippen MR) is 72.7 cm³/mol. The third kappa shape index (κ3) is 3.38. The quantitative estimate of drug-likeness (QED) is 0.799. The van der Waals surface area contributed by atoms with Gasteiger partial charge in [-0.2, -0.15) is 0 Å². The molecule has 0 aliphatic rings. The van der Waals surface area contributed by atoms with E-state index in [0.717, 1.165) is 11.3 Å². The van der Waals surface area contributed by atoms with Gasteiger partial charge in [0, 0.05) is 5.69 Å². The zero-order valence-corrected chi connectivity index (χ0v) is 10.8. The van der Waals surface area contributed by atoms with E-state index in [1.165, 1.54) is 12.1 Å². The maximum absolute atomic E-state index is 11.7. The van der Waals surface area contributed by atoms with Gasteiger partial charge < -0.3 is 20.2 Å². The zero-order chi connectivity index (χ0) is 14.5. The fourth-order valence-electron chi connectivity index (χ4n) is 1.63. The zero-order valence-electron chi connectivity index (χ0n) is 10.8. The van der Waals surface area contributed by atoms with Crippen LogP contribution in [0.3, 0.4) is 0 Å². The number of benzene rings is 1. The summed E-state index contributed by atoms with van der Waals surface area (Å²) >= 11 is 0. The molecule has 3 N–H and O–H groups in total. The number of nitrogens with one attached hydrogen (secondary N) is 2. The number of aryl methyl sites for hydroxylation is 1. The average Bonchev–Trinajstić information content (AvgIpc) is 2.88. The van der Waals surface area contributed by atoms with E-state index in [2.05, 4.69) is 10.6 Å². The molecular formula is C14H14N2O4. The van der Waals surface area contributed by atoms with E-state index in [1.807, 2.05) is 25.1 Å². The molecule has 0 radical (unpaired) electrons. The van der Waals surface area contributed by atoms with Gasteiger partial charge in [-0.1, -0.05) is 18.2 Å². The lowest BCUT2D eigenvalue weighted by Crippen LogP contribution is -2.28. The number of hydrogen-bond acceptors (Lipinski definition) is 3. The number of carboxylic acid groups (broad SMARTS) is 1. The Balaban J connectivity index is 1.89. The Morgan fingerprint density at radius 1 is 1.20 bits per heavy atom. The van der Waals surface area contributed by atoms with Crippen molar-refractivity contribution in [1.82, 2.24) is 5.32 Å². The number of hydrogen-bond donors (Lipinski definition) is 3. The smallest absolute Gasteiger partial charge is 0.371 e. The molecule has 2 amide bonds. The fraction of sp³-hybridized carbons (Fsp3) is 0.143. The van der Waals surface area contributed by atoms with Crippen molar-refractivity contribution in [3.63, 3.8) is 0 Å². The highest BCUT2D eigenvalue weighted by molar-refractivity contribution is 5.90. The number of carbonyl (C=O) groups excluding carboxylic acids is 1. The number of furan rings is 1. The van der Waals surface area contributed by atoms with Crippen molar-refractivity contribution >= 4 is 17.7 Å². The van der Waals surface area contributed by atoms with Gasteiger partial charge in [0.15, 0.2) is 0 Å². The topological polar surface area (TPSA) is 91.6 Å². The summed E-state index contributed by atoms with van der Waals surface area (Å²) < 4.78 is 5.03. The highest BCUT2D eigenvalue weighted by Gasteiger charge is 2.10. The molecule has 0 aliphatic heterocycles. The minimum absolute atomic E-state index is 0.116. The number of para-hydroxylation sites is 1. The van der Waals surface area contributed by atoms with E-state index in [-0.39, 0.29) is 18.3 Å². The van der Waals surface area contributed by atoms with Crippen molar-refractivity contribution in [2.45, 2.75) is 13.5 Å². The van der Waals surface area contributed by atoms with Crippen molar-refractivity contribution in [2.24, 2.45) is 0 Å². The SMILES string of the molecule is Cc1ccccc1NC(=O)NCc1ccc(C(=O)O)o1. The molecule has 0 aliphatic carbocycles. The second kappa shape index (κ2) is 5.92. The van der Waals surface area contributed by atoms with E-state index in [0.29, 0.717) is 5.76 Å².